The summed E-state index contributed by atoms with van der Waals surface area (Å²) in [5.74, 6) is -0.824. The number of nitrogens with one attached hydrogen (secondary N) is 2. The van der Waals surface area contributed by atoms with Crippen molar-refractivity contribution in [1.29, 1.82) is 4.78 Å². The van der Waals surface area contributed by atoms with Gasteiger partial charge in [-0.3, -0.25) is 0 Å². The Kier molecular flexibility index (Phi) is 5.72. The fourth-order valence-electron chi connectivity index (χ4n) is 2.45. The smallest absolute Gasteiger partial charge is 0.423 e. The van der Waals surface area contributed by atoms with Crippen molar-refractivity contribution >= 4 is 21.4 Å². The highest BCUT2D eigenvalue weighted by molar-refractivity contribution is 7.93. The summed E-state index contributed by atoms with van der Waals surface area (Å²) in [7, 11) is -2.83. The lowest BCUT2D eigenvalue weighted by atomic mass is 10.2. The van der Waals surface area contributed by atoms with Gasteiger partial charge >= 0.3 is 6.18 Å². The zero-order valence-corrected chi connectivity index (χ0v) is 16.5. The fraction of sp³-hybridized carbons (Fsp3) is 0.444. The quantitative estimate of drug-likeness (QED) is 0.614. The first-order valence-corrected chi connectivity index (χ1v) is 10.5. The van der Waals surface area contributed by atoms with Crippen molar-refractivity contribution in [2.24, 2.45) is 0 Å². The first-order chi connectivity index (χ1) is 13.5. The lowest BCUT2D eigenvalue weighted by molar-refractivity contribution is -0.140. The molecule has 7 nitrogen and oxygen atoms in total. The number of anilines is 2. The monoisotopic (exact) mass is 430 g/mol. The minimum atomic E-state index is -4.72. The Morgan fingerprint density at radius 2 is 1.90 bits per heavy atom. The van der Waals surface area contributed by atoms with Gasteiger partial charge in [0.15, 0.2) is 0 Å². The minimum Gasteiger partial charge on any atom is -0.471 e. The van der Waals surface area contributed by atoms with E-state index in [0.29, 0.717) is 16.8 Å². The van der Waals surface area contributed by atoms with Crippen LogP contribution in [0.15, 0.2) is 35.4 Å². The normalized spacial score (nSPS) is 18.6. The number of hydrogen-bond acceptors (Lipinski definition) is 7. The Labute approximate surface area is 166 Å². The van der Waals surface area contributed by atoms with Gasteiger partial charge in [0.25, 0.3) is 0 Å². The zero-order valence-electron chi connectivity index (χ0n) is 15.7. The zero-order chi connectivity index (χ0) is 21.4. The van der Waals surface area contributed by atoms with Crippen molar-refractivity contribution in [3.8, 4) is 5.88 Å². The number of benzene rings is 1. The van der Waals surface area contributed by atoms with Gasteiger partial charge in [0.2, 0.25) is 11.8 Å². The Bertz CT molecular complexity index is 975. The molecule has 2 aromatic rings. The van der Waals surface area contributed by atoms with Gasteiger partial charge in [0.1, 0.15) is 11.7 Å². The molecule has 0 radical (unpaired) electrons. The molecule has 1 aromatic carbocycles. The summed E-state index contributed by atoms with van der Waals surface area (Å²) in [6, 6.07) is 6.22. The first kappa shape index (κ1) is 21.3. The Hall–Kier alpha value is -2.40. The number of hydrogen-bond donors (Lipinski definition) is 3. The highest BCUT2D eigenvalue weighted by Crippen LogP contribution is 2.36. The molecule has 29 heavy (non-hydrogen) atoms. The molecular formula is C18H21F3N4O3S. The van der Waals surface area contributed by atoms with Gasteiger partial charge in [-0.05, 0) is 51.0 Å². The number of nitrogens with zero attached hydrogens (tertiary/aromatic N) is 2. The molecule has 0 spiro atoms. The number of alkyl halides is 3. The van der Waals surface area contributed by atoms with E-state index in [1.807, 2.05) is 0 Å². The second kappa shape index (κ2) is 7.79. The molecule has 0 amide bonds. The van der Waals surface area contributed by atoms with E-state index < -0.39 is 39.6 Å². The number of halogens is 3. The van der Waals surface area contributed by atoms with E-state index in [1.54, 1.807) is 24.3 Å². The van der Waals surface area contributed by atoms with Gasteiger partial charge < -0.3 is 15.2 Å². The molecule has 1 aliphatic carbocycles. The van der Waals surface area contributed by atoms with Crippen LogP contribution in [0.25, 0.3) is 0 Å². The second-order valence-corrected chi connectivity index (χ2v) is 9.26. The van der Waals surface area contributed by atoms with Crippen molar-refractivity contribution in [3.63, 3.8) is 0 Å². The van der Waals surface area contributed by atoms with E-state index in [0.717, 1.165) is 12.8 Å². The number of aliphatic hydroxyl groups excluding tert-OH is 1. The van der Waals surface area contributed by atoms with Crippen molar-refractivity contribution < 1.29 is 27.2 Å². The fourth-order valence-corrected chi connectivity index (χ4v) is 4.17. The molecule has 1 fully saturated rings. The molecular weight excluding hydrogens is 409 g/mol. The van der Waals surface area contributed by atoms with Gasteiger partial charge in [-0.2, -0.15) is 18.2 Å². The van der Waals surface area contributed by atoms with Crippen LogP contribution >= 0.6 is 0 Å². The summed E-state index contributed by atoms with van der Waals surface area (Å²) in [4.78, 5) is 7.89. The summed E-state index contributed by atoms with van der Waals surface area (Å²) >= 11 is 0. The van der Waals surface area contributed by atoms with Crippen molar-refractivity contribution in [1.82, 2.24) is 9.97 Å². The van der Waals surface area contributed by atoms with E-state index in [4.69, 9.17) is 9.52 Å². The van der Waals surface area contributed by atoms with Crippen LogP contribution in [0.4, 0.5) is 24.8 Å². The molecule has 3 atom stereocenters. The molecule has 11 heteroatoms. The third-order valence-electron chi connectivity index (χ3n) is 4.49. The topological polar surface area (TPSA) is 108 Å². The average Bonchev–Trinajstić information content (AvgIpc) is 3.47. The number of ether oxygens (including phenoxy) is 1. The van der Waals surface area contributed by atoms with E-state index in [-0.39, 0.29) is 11.2 Å². The summed E-state index contributed by atoms with van der Waals surface area (Å²) in [6.45, 7) is 2.82. The molecule has 1 aromatic heterocycles. The third kappa shape index (κ3) is 4.96. The average molecular weight is 430 g/mol. The van der Waals surface area contributed by atoms with Crippen LogP contribution in [-0.4, -0.2) is 36.7 Å². The summed E-state index contributed by atoms with van der Waals surface area (Å²) in [6.07, 6.45) is -4.47. The molecule has 0 bridgehead atoms. The van der Waals surface area contributed by atoms with E-state index in [9.17, 15) is 22.5 Å². The Morgan fingerprint density at radius 1 is 1.28 bits per heavy atom. The number of aromatic nitrogens is 2. The molecule has 0 saturated heterocycles. The predicted octanol–water partition coefficient (Wildman–Crippen LogP) is 3.96. The van der Waals surface area contributed by atoms with Crippen LogP contribution in [-0.2, 0) is 15.9 Å². The maximum absolute atomic E-state index is 13.2. The largest absolute Gasteiger partial charge is 0.471 e. The molecule has 1 saturated carbocycles. The van der Waals surface area contributed by atoms with Gasteiger partial charge in [-0.25, -0.2) is 14.0 Å². The van der Waals surface area contributed by atoms with Gasteiger partial charge in [0.05, 0.1) is 15.8 Å². The van der Waals surface area contributed by atoms with Crippen LogP contribution in [0.5, 0.6) is 5.88 Å². The number of aliphatic hydroxyl groups is 1. The summed E-state index contributed by atoms with van der Waals surface area (Å²) in [5.41, 5.74) is -0.696. The van der Waals surface area contributed by atoms with E-state index >= 15 is 0 Å². The molecule has 158 valence electrons. The summed E-state index contributed by atoms with van der Waals surface area (Å²) < 4.78 is 65.2. The predicted molar refractivity (Wildman–Crippen MR) is 101 cm³/mol. The lowest BCUT2D eigenvalue weighted by Crippen LogP contribution is -2.27. The van der Waals surface area contributed by atoms with Crippen LogP contribution in [0, 0.1) is 4.78 Å². The SMILES string of the molecule is C[C@H](Oc1nc(Nc2ccc(S(=N)(=O)C3CC3)cc2)ncc1C(F)(F)F)[C@@H](C)O. The van der Waals surface area contributed by atoms with Gasteiger partial charge in [-0.15, -0.1) is 0 Å². The van der Waals surface area contributed by atoms with E-state index in [1.165, 1.54) is 13.8 Å². The third-order valence-corrected chi connectivity index (χ3v) is 6.87. The highest BCUT2D eigenvalue weighted by atomic mass is 32.2. The van der Waals surface area contributed by atoms with Crippen LogP contribution in [0.2, 0.25) is 0 Å². The standard InChI is InChI=1S/C18H21F3N4O3S/c1-10(26)11(2)28-16-15(18(19,20)21)9-23-17(25-16)24-12-3-5-13(6-4-12)29(22,27)14-7-8-14/h3-6,9-11,14,22,26H,7-8H2,1-2H3,(H,23,24,25)/t10-,11+,29?/m1/s1. The highest BCUT2D eigenvalue weighted by Gasteiger charge is 2.37. The van der Waals surface area contributed by atoms with Crippen molar-refractivity contribution in [3.05, 3.63) is 36.0 Å². The molecule has 3 N–H and O–H groups in total. The van der Waals surface area contributed by atoms with Gasteiger partial charge in [-0.1, -0.05) is 0 Å². The van der Waals surface area contributed by atoms with Crippen molar-refractivity contribution in [2.75, 3.05) is 5.32 Å². The molecule has 1 aliphatic rings. The Morgan fingerprint density at radius 3 is 2.41 bits per heavy atom. The lowest BCUT2D eigenvalue weighted by Gasteiger charge is -2.20. The van der Waals surface area contributed by atoms with Crippen LogP contribution in [0.1, 0.15) is 32.3 Å². The maximum Gasteiger partial charge on any atom is 0.423 e. The molecule has 3 rings (SSSR count). The summed E-state index contributed by atoms with van der Waals surface area (Å²) in [5, 5.41) is 12.2. The second-order valence-electron chi connectivity index (χ2n) is 6.92. The van der Waals surface area contributed by atoms with Crippen LogP contribution in [0.3, 0.4) is 0 Å². The Balaban J connectivity index is 1.83. The molecule has 1 unspecified atom stereocenters. The van der Waals surface area contributed by atoms with E-state index in [2.05, 4.69) is 15.3 Å². The first-order valence-electron chi connectivity index (χ1n) is 8.92. The van der Waals surface area contributed by atoms with Crippen LogP contribution < -0.4 is 10.1 Å². The molecule has 0 aliphatic heterocycles. The number of rotatable bonds is 7. The van der Waals surface area contributed by atoms with Gasteiger partial charge in [0, 0.05) is 22.0 Å². The minimum absolute atomic E-state index is 0.116. The van der Waals surface area contributed by atoms with Crippen molar-refractivity contribution in [2.45, 2.75) is 55.2 Å². The molecule has 1 heterocycles. The maximum atomic E-state index is 13.2.